The van der Waals surface area contributed by atoms with Gasteiger partial charge in [0.2, 0.25) is 0 Å². The second kappa shape index (κ2) is 7.05. The first kappa shape index (κ1) is 13.7. The highest BCUT2D eigenvalue weighted by Crippen LogP contribution is 2.25. The summed E-state index contributed by atoms with van der Waals surface area (Å²) in [6.45, 7) is 1.61. The van der Waals surface area contributed by atoms with Gasteiger partial charge < -0.3 is 10.6 Å². The zero-order valence-corrected chi connectivity index (χ0v) is 10.7. The molecule has 0 aliphatic rings. The third kappa shape index (κ3) is 4.65. The number of benzene rings is 1. The summed E-state index contributed by atoms with van der Waals surface area (Å²) in [7, 11) is 3.93. The van der Waals surface area contributed by atoms with Crippen LogP contribution in [0.3, 0.4) is 0 Å². The summed E-state index contributed by atoms with van der Waals surface area (Å²) >= 11 is 0. The molecule has 18 heavy (non-hydrogen) atoms. The van der Waals surface area contributed by atoms with E-state index >= 15 is 0 Å². The van der Waals surface area contributed by atoms with E-state index in [-0.39, 0.29) is 0 Å². The Kier molecular flexibility index (Phi) is 5.37. The van der Waals surface area contributed by atoms with Gasteiger partial charge in [0.1, 0.15) is 5.84 Å². The van der Waals surface area contributed by atoms with Crippen molar-refractivity contribution in [2.45, 2.75) is 6.92 Å². The van der Waals surface area contributed by atoms with Crippen molar-refractivity contribution in [1.29, 1.82) is 0 Å². The van der Waals surface area contributed by atoms with Gasteiger partial charge in [0.05, 0.1) is 17.6 Å². The van der Waals surface area contributed by atoms with Crippen LogP contribution in [-0.2, 0) is 4.94 Å². The molecule has 0 atom stereocenters. The van der Waals surface area contributed by atoms with Crippen molar-refractivity contribution in [1.82, 2.24) is 0 Å². The normalized spacial score (nSPS) is 12.3. The zero-order chi connectivity index (χ0) is 13.4. The van der Waals surface area contributed by atoms with Gasteiger partial charge in [-0.1, -0.05) is 17.3 Å². The molecule has 0 heterocycles. The number of nitrogens with two attached hydrogens (primary N) is 1. The maximum Gasteiger partial charge on any atom is 0.139 e. The fraction of sp³-hybridized carbons (Fsp3) is 0.250. The first-order valence-corrected chi connectivity index (χ1v) is 5.40. The molecule has 0 unspecified atom stereocenters. The Morgan fingerprint density at radius 2 is 2.00 bits per heavy atom. The van der Waals surface area contributed by atoms with Crippen LogP contribution in [0.2, 0.25) is 0 Å². The van der Waals surface area contributed by atoms with Crippen LogP contribution >= 0.6 is 0 Å². The van der Waals surface area contributed by atoms with E-state index in [4.69, 9.17) is 5.73 Å². The molecule has 0 saturated heterocycles. The van der Waals surface area contributed by atoms with Crippen LogP contribution in [0.4, 0.5) is 11.4 Å². The molecule has 6 nitrogen and oxygen atoms in total. The Bertz CT molecular complexity index is 461. The molecule has 2 N–H and O–H groups in total. The smallest absolute Gasteiger partial charge is 0.139 e. The number of hydrogen-bond acceptors (Lipinski definition) is 5. The summed E-state index contributed by atoms with van der Waals surface area (Å²) in [6, 6.07) is 7.80. The molecule has 6 heteroatoms. The number of amidine groups is 1. The van der Waals surface area contributed by atoms with Crippen LogP contribution in [0.15, 0.2) is 39.6 Å². The molecule has 0 aromatic heterocycles. The predicted octanol–water partition coefficient (Wildman–Crippen LogP) is 1.75. The van der Waals surface area contributed by atoms with Gasteiger partial charge in [0.15, 0.2) is 0 Å². The molecule has 1 aromatic carbocycles. The molecule has 1 aromatic rings. The van der Waals surface area contributed by atoms with Crippen molar-refractivity contribution in [2.75, 3.05) is 19.0 Å². The highest BCUT2D eigenvalue weighted by molar-refractivity contribution is 6.16. The molecule has 0 radical (unpaired) electrons. The number of hydrogen-bond donors (Lipinski definition) is 1. The van der Waals surface area contributed by atoms with E-state index in [0.717, 1.165) is 11.4 Å². The van der Waals surface area contributed by atoms with Gasteiger partial charge in [-0.3, -0.25) is 4.99 Å². The fourth-order valence-corrected chi connectivity index (χ4v) is 1.21. The molecular weight excluding hydrogens is 230 g/mol. The molecule has 0 saturated carbocycles. The van der Waals surface area contributed by atoms with Crippen LogP contribution < -0.4 is 10.6 Å². The van der Waals surface area contributed by atoms with E-state index in [9.17, 15) is 0 Å². The first-order valence-electron chi connectivity index (χ1n) is 5.40. The number of nitrogens with zero attached hydrogens (tertiary/aromatic N) is 4. The Morgan fingerprint density at radius 3 is 2.67 bits per heavy atom. The molecular formula is C12H17N5O. The number of oxime groups is 2. The summed E-state index contributed by atoms with van der Waals surface area (Å²) in [5.74, 6) is 0.307. The van der Waals surface area contributed by atoms with E-state index < -0.39 is 0 Å². The number of rotatable bonds is 5. The molecule has 0 fully saturated rings. The largest absolute Gasteiger partial charge is 0.385 e. The average Bonchev–Trinajstić information content (AvgIpc) is 2.33. The second-order valence-electron chi connectivity index (χ2n) is 3.73. The summed E-state index contributed by atoms with van der Waals surface area (Å²) in [4.78, 5) is 10.8. The van der Waals surface area contributed by atoms with Crippen molar-refractivity contribution in [3.8, 4) is 0 Å². The minimum absolute atomic E-state index is 0.307. The third-order valence-corrected chi connectivity index (χ3v) is 1.94. The zero-order valence-electron chi connectivity index (χ0n) is 10.7. The number of para-hydroxylation sites is 2. The maximum atomic E-state index is 5.26. The summed E-state index contributed by atoms with van der Waals surface area (Å²) in [5, 5.41) is 6.99. The summed E-state index contributed by atoms with van der Waals surface area (Å²) in [5.41, 5.74) is 7.14. The SMILES string of the molecule is C/C(N)=N\O/N=C/C=Nc1ccccc1N(C)C. The van der Waals surface area contributed by atoms with Gasteiger partial charge in [0, 0.05) is 20.3 Å². The number of anilines is 1. The highest BCUT2D eigenvalue weighted by atomic mass is 16.8. The first-order chi connectivity index (χ1) is 8.61. The summed E-state index contributed by atoms with van der Waals surface area (Å²) < 4.78 is 0. The quantitative estimate of drug-likeness (QED) is 0.489. The van der Waals surface area contributed by atoms with Gasteiger partial charge in [-0.05, 0) is 24.2 Å². The minimum Gasteiger partial charge on any atom is -0.385 e. The van der Waals surface area contributed by atoms with Crippen LogP contribution in [-0.4, -0.2) is 32.4 Å². The van der Waals surface area contributed by atoms with Crippen LogP contribution in [0.1, 0.15) is 6.92 Å². The topological polar surface area (TPSA) is 75.6 Å². The van der Waals surface area contributed by atoms with Crippen molar-refractivity contribution in [3.63, 3.8) is 0 Å². The lowest BCUT2D eigenvalue weighted by atomic mass is 10.2. The highest BCUT2D eigenvalue weighted by Gasteiger charge is 1.99. The van der Waals surface area contributed by atoms with E-state index in [0.29, 0.717) is 5.84 Å². The van der Waals surface area contributed by atoms with E-state index in [1.54, 1.807) is 6.92 Å². The maximum absolute atomic E-state index is 5.26. The van der Waals surface area contributed by atoms with Crippen LogP contribution in [0.25, 0.3) is 0 Å². The van der Waals surface area contributed by atoms with Crippen LogP contribution in [0.5, 0.6) is 0 Å². The molecule has 1 rings (SSSR count). The van der Waals surface area contributed by atoms with E-state index in [1.807, 2.05) is 43.3 Å². The van der Waals surface area contributed by atoms with Crippen LogP contribution in [0, 0.1) is 0 Å². The third-order valence-electron chi connectivity index (χ3n) is 1.94. The molecule has 0 spiro atoms. The summed E-state index contributed by atoms with van der Waals surface area (Å²) in [6.07, 6.45) is 2.93. The molecule has 0 amide bonds. The minimum atomic E-state index is 0.307. The molecule has 0 aliphatic heterocycles. The lowest BCUT2D eigenvalue weighted by Crippen LogP contribution is -2.08. The number of aliphatic imine (C=N–C) groups is 1. The Balaban J connectivity index is 2.65. The Morgan fingerprint density at radius 1 is 1.28 bits per heavy atom. The molecule has 96 valence electrons. The lowest BCUT2D eigenvalue weighted by molar-refractivity contribution is 0.157. The van der Waals surface area contributed by atoms with Gasteiger partial charge in [-0.15, -0.1) is 0 Å². The Hall–Kier alpha value is -2.37. The van der Waals surface area contributed by atoms with Crippen molar-refractivity contribution in [3.05, 3.63) is 24.3 Å². The monoisotopic (exact) mass is 247 g/mol. The predicted molar refractivity (Wildman–Crippen MR) is 75.8 cm³/mol. The lowest BCUT2D eigenvalue weighted by Gasteiger charge is -2.14. The van der Waals surface area contributed by atoms with E-state index in [2.05, 4.69) is 20.2 Å². The van der Waals surface area contributed by atoms with Crippen molar-refractivity contribution < 1.29 is 4.94 Å². The molecule has 0 aliphatic carbocycles. The standard InChI is InChI=1S/C12H17N5O/c1-10(13)16-18-15-9-8-14-11-6-4-5-7-12(11)17(2)3/h4-9H,1-3H3,(H2,13,16)/b14-8?,15-9+. The van der Waals surface area contributed by atoms with Gasteiger partial charge >= 0.3 is 0 Å². The van der Waals surface area contributed by atoms with Gasteiger partial charge in [0.25, 0.3) is 0 Å². The Labute approximate surface area is 106 Å². The van der Waals surface area contributed by atoms with Gasteiger partial charge in [-0.2, -0.15) is 0 Å². The van der Waals surface area contributed by atoms with E-state index in [1.165, 1.54) is 12.4 Å². The van der Waals surface area contributed by atoms with Crippen molar-refractivity contribution in [2.24, 2.45) is 21.0 Å². The molecule has 0 bridgehead atoms. The fourth-order valence-electron chi connectivity index (χ4n) is 1.21. The van der Waals surface area contributed by atoms with Crippen molar-refractivity contribution >= 4 is 29.6 Å². The average molecular weight is 247 g/mol. The van der Waals surface area contributed by atoms with Gasteiger partial charge in [-0.25, -0.2) is 4.94 Å². The second-order valence-corrected chi connectivity index (χ2v) is 3.73.